The van der Waals surface area contributed by atoms with Crippen LogP contribution >= 0.6 is 0 Å². The summed E-state index contributed by atoms with van der Waals surface area (Å²) in [5.41, 5.74) is 3.75. The number of piperidine rings is 1. The molecule has 4 heteroatoms. The molecule has 2 aromatic rings. The summed E-state index contributed by atoms with van der Waals surface area (Å²) in [4.78, 5) is 18.1. The molecule has 2 aromatic carbocycles. The third-order valence-corrected chi connectivity index (χ3v) is 7.86. The van der Waals surface area contributed by atoms with Crippen LogP contribution in [0.5, 0.6) is 5.75 Å². The molecule has 170 valence electrons. The zero-order valence-corrected chi connectivity index (χ0v) is 19.4. The van der Waals surface area contributed by atoms with E-state index >= 15 is 0 Å². The number of rotatable bonds is 7. The van der Waals surface area contributed by atoms with Crippen molar-refractivity contribution in [2.45, 2.75) is 56.9 Å². The van der Waals surface area contributed by atoms with Gasteiger partial charge in [-0.15, -0.1) is 0 Å². The number of hydrogen-bond acceptors (Lipinski definition) is 3. The molecule has 3 fully saturated rings. The van der Waals surface area contributed by atoms with Gasteiger partial charge in [-0.05, 0) is 92.8 Å². The Hall–Kier alpha value is -2.33. The van der Waals surface area contributed by atoms with Gasteiger partial charge < -0.3 is 9.64 Å². The lowest BCUT2D eigenvalue weighted by Crippen LogP contribution is -2.44. The fourth-order valence-electron chi connectivity index (χ4n) is 5.62. The Kier molecular flexibility index (Phi) is 6.23. The standard InChI is InChI=1S/C28H36N2O2/c1-32-26-10-8-25(9-11-26)28(14-15-28)27(31)30-18-12-23(13-19-30)20-22-4-6-24(7-5-22)21-29-16-2-3-17-29/h4-11,23H,2-3,12-21H2,1H3. The van der Waals surface area contributed by atoms with Crippen LogP contribution in [0.15, 0.2) is 48.5 Å². The average molecular weight is 433 g/mol. The number of carbonyl (C=O) groups excluding carboxylic acids is 1. The topological polar surface area (TPSA) is 32.8 Å². The molecule has 32 heavy (non-hydrogen) atoms. The number of nitrogens with zero attached hydrogens (tertiary/aromatic N) is 2. The van der Waals surface area contributed by atoms with Crippen LogP contribution in [0.4, 0.5) is 0 Å². The Morgan fingerprint density at radius 2 is 1.53 bits per heavy atom. The van der Waals surface area contributed by atoms with Gasteiger partial charge in [-0.3, -0.25) is 9.69 Å². The summed E-state index contributed by atoms with van der Waals surface area (Å²) in [5.74, 6) is 1.87. The van der Waals surface area contributed by atoms with Crippen molar-refractivity contribution in [1.82, 2.24) is 9.80 Å². The molecule has 1 saturated carbocycles. The molecule has 4 nitrogen and oxygen atoms in total. The van der Waals surface area contributed by atoms with E-state index in [-0.39, 0.29) is 5.41 Å². The molecule has 0 aromatic heterocycles. The number of amides is 1. The predicted octanol–water partition coefficient (Wildman–Crippen LogP) is 4.80. The summed E-state index contributed by atoms with van der Waals surface area (Å²) >= 11 is 0. The van der Waals surface area contributed by atoms with Crippen molar-refractivity contribution in [3.8, 4) is 5.75 Å². The van der Waals surface area contributed by atoms with Crippen molar-refractivity contribution in [3.05, 3.63) is 65.2 Å². The maximum absolute atomic E-state index is 13.4. The summed E-state index contributed by atoms with van der Waals surface area (Å²) in [6, 6.07) is 17.4. The third kappa shape index (κ3) is 4.56. The minimum atomic E-state index is -0.274. The highest BCUT2D eigenvalue weighted by Gasteiger charge is 2.53. The zero-order valence-electron chi connectivity index (χ0n) is 19.4. The molecule has 0 bridgehead atoms. The Labute approximate surface area is 192 Å². The Bertz CT molecular complexity index is 903. The van der Waals surface area contributed by atoms with Gasteiger partial charge in [0.05, 0.1) is 12.5 Å². The summed E-state index contributed by atoms with van der Waals surface area (Å²) in [5, 5.41) is 0. The summed E-state index contributed by atoms with van der Waals surface area (Å²) in [7, 11) is 1.68. The smallest absolute Gasteiger partial charge is 0.233 e. The SMILES string of the molecule is COc1ccc(C2(C(=O)N3CCC(Cc4ccc(CN5CCCC5)cc4)CC3)CC2)cc1. The van der Waals surface area contributed by atoms with Gasteiger partial charge in [-0.25, -0.2) is 0 Å². The first-order valence-electron chi connectivity index (χ1n) is 12.4. The minimum absolute atomic E-state index is 0.274. The first kappa shape index (κ1) is 21.5. The van der Waals surface area contributed by atoms with Gasteiger partial charge in [-0.1, -0.05) is 36.4 Å². The predicted molar refractivity (Wildman–Crippen MR) is 128 cm³/mol. The first-order chi connectivity index (χ1) is 15.7. The molecule has 0 N–H and O–H groups in total. The highest BCUT2D eigenvalue weighted by Crippen LogP contribution is 2.50. The molecule has 2 saturated heterocycles. The van der Waals surface area contributed by atoms with E-state index in [1.807, 2.05) is 12.1 Å². The number of hydrogen-bond donors (Lipinski definition) is 0. The van der Waals surface area contributed by atoms with Crippen molar-refractivity contribution < 1.29 is 9.53 Å². The van der Waals surface area contributed by atoms with E-state index in [1.165, 1.54) is 37.1 Å². The second-order valence-electron chi connectivity index (χ2n) is 10.1. The van der Waals surface area contributed by atoms with E-state index in [9.17, 15) is 4.79 Å². The molecule has 0 atom stereocenters. The van der Waals surface area contributed by atoms with Crippen LogP contribution in [0.1, 0.15) is 55.2 Å². The van der Waals surface area contributed by atoms with Gasteiger partial charge in [0.15, 0.2) is 0 Å². The normalized spacial score (nSPS) is 21.0. The van der Waals surface area contributed by atoms with E-state index in [1.54, 1.807) is 7.11 Å². The van der Waals surface area contributed by atoms with Crippen LogP contribution in [-0.2, 0) is 23.2 Å². The monoisotopic (exact) mass is 432 g/mol. The van der Waals surface area contributed by atoms with Gasteiger partial charge in [-0.2, -0.15) is 0 Å². The van der Waals surface area contributed by atoms with E-state index in [4.69, 9.17) is 4.74 Å². The largest absolute Gasteiger partial charge is 0.497 e. The Morgan fingerprint density at radius 1 is 0.906 bits per heavy atom. The summed E-state index contributed by atoms with van der Waals surface area (Å²) in [6.45, 7) is 5.39. The van der Waals surface area contributed by atoms with Crippen LogP contribution in [-0.4, -0.2) is 49.0 Å². The lowest BCUT2D eigenvalue weighted by molar-refractivity contribution is -0.135. The van der Waals surface area contributed by atoms with Gasteiger partial charge >= 0.3 is 0 Å². The molecular formula is C28H36N2O2. The van der Waals surface area contributed by atoms with Crippen molar-refractivity contribution in [3.63, 3.8) is 0 Å². The van der Waals surface area contributed by atoms with E-state index in [0.717, 1.165) is 63.1 Å². The molecule has 0 radical (unpaired) electrons. The molecule has 0 spiro atoms. The molecule has 3 aliphatic rings. The van der Waals surface area contributed by atoms with Crippen LogP contribution in [0.3, 0.4) is 0 Å². The van der Waals surface area contributed by atoms with Crippen molar-refractivity contribution in [2.24, 2.45) is 5.92 Å². The summed E-state index contributed by atoms with van der Waals surface area (Å²) < 4.78 is 5.28. The highest BCUT2D eigenvalue weighted by atomic mass is 16.5. The number of methoxy groups -OCH3 is 1. The van der Waals surface area contributed by atoms with E-state index in [0.29, 0.717) is 11.8 Å². The van der Waals surface area contributed by atoms with Crippen LogP contribution in [0, 0.1) is 5.92 Å². The number of ether oxygens (including phenoxy) is 1. The minimum Gasteiger partial charge on any atom is -0.497 e. The van der Waals surface area contributed by atoms with E-state index < -0.39 is 0 Å². The van der Waals surface area contributed by atoms with Crippen LogP contribution in [0.25, 0.3) is 0 Å². The van der Waals surface area contributed by atoms with Crippen LogP contribution in [0.2, 0.25) is 0 Å². The maximum atomic E-state index is 13.4. The number of likely N-dealkylation sites (tertiary alicyclic amines) is 2. The van der Waals surface area contributed by atoms with Gasteiger partial charge in [0.2, 0.25) is 5.91 Å². The first-order valence-corrected chi connectivity index (χ1v) is 12.4. The van der Waals surface area contributed by atoms with Gasteiger partial charge in [0.25, 0.3) is 0 Å². The van der Waals surface area contributed by atoms with Gasteiger partial charge in [0.1, 0.15) is 5.75 Å². The lowest BCUT2D eigenvalue weighted by Gasteiger charge is -2.34. The molecule has 2 aliphatic heterocycles. The highest BCUT2D eigenvalue weighted by molar-refractivity contribution is 5.91. The molecule has 1 amide bonds. The molecule has 5 rings (SSSR count). The third-order valence-electron chi connectivity index (χ3n) is 7.86. The maximum Gasteiger partial charge on any atom is 0.233 e. The van der Waals surface area contributed by atoms with Crippen molar-refractivity contribution in [1.29, 1.82) is 0 Å². The quantitative estimate of drug-likeness (QED) is 0.630. The molecule has 0 unspecified atom stereocenters. The lowest BCUT2D eigenvalue weighted by atomic mass is 9.88. The van der Waals surface area contributed by atoms with Gasteiger partial charge in [0, 0.05) is 19.6 Å². The fourth-order valence-corrected chi connectivity index (χ4v) is 5.62. The second-order valence-corrected chi connectivity index (χ2v) is 10.1. The zero-order chi connectivity index (χ0) is 22.0. The molecular weight excluding hydrogens is 396 g/mol. The van der Waals surface area contributed by atoms with Crippen molar-refractivity contribution in [2.75, 3.05) is 33.3 Å². The summed E-state index contributed by atoms with van der Waals surface area (Å²) in [6.07, 6.45) is 8.00. The van der Waals surface area contributed by atoms with Crippen LogP contribution < -0.4 is 4.74 Å². The number of benzene rings is 2. The Morgan fingerprint density at radius 3 is 2.12 bits per heavy atom. The molecule has 2 heterocycles. The second kappa shape index (κ2) is 9.27. The molecule has 1 aliphatic carbocycles. The average Bonchev–Trinajstić information content (AvgIpc) is 3.50. The Balaban J connectivity index is 1.12. The number of carbonyl (C=O) groups is 1. The van der Waals surface area contributed by atoms with Crippen molar-refractivity contribution >= 4 is 5.91 Å². The fraction of sp³-hybridized carbons (Fsp3) is 0.536. The van der Waals surface area contributed by atoms with E-state index in [2.05, 4.69) is 46.2 Å².